The zero-order chi connectivity index (χ0) is 56.4. The van der Waals surface area contributed by atoms with Crippen molar-refractivity contribution in [2.45, 2.75) is 71.5 Å². The molecule has 80 heavy (non-hydrogen) atoms. The molecule has 18 nitrogen and oxygen atoms in total. The number of carbonyl (C=O) groups excluding carboxylic acids is 7. The maximum Gasteiger partial charge on any atom is 0.260 e. The molecule has 18 heteroatoms. The summed E-state index contributed by atoms with van der Waals surface area (Å²) in [4.78, 5) is 106. The minimum absolute atomic E-state index is 0.117. The molecule has 0 radical (unpaired) electrons. The molecule has 2 N–H and O–H groups in total. The molecule has 5 aromatic rings. The molecule has 5 aliphatic rings. The van der Waals surface area contributed by atoms with Crippen LogP contribution in [0.25, 0.3) is 11.1 Å². The zero-order valence-corrected chi connectivity index (χ0v) is 45.1. The number of nitrogens with zero attached hydrogens (tertiary/aromatic N) is 5. The van der Waals surface area contributed by atoms with Gasteiger partial charge in [0.15, 0.2) is 17.3 Å². The molecule has 6 amide bonds. The number of carbonyl (C=O) groups is 7. The van der Waals surface area contributed by atoms with Gasteiger partial charge in [0.25, 0.3) is 29.5 Å². The predicted molar refractivity (Wildman–Crippen MR) is 302 cm³/mol. The van der Waals surface area contributed by atoms with E-state index in [1.165, 1.54) is 43.5 Å². The highest BCUT2D eigenvalue weighted by Crippen LogP contribution is 2.41. The first-order valence-electron chi connectivity index (χ1n) is 26.4. The molecule has 408 valence electrons. The lowest BCUT2D eigenvalue weighted by atomic mass is 9.92. The fourth-order valence-electron chi connectivity index (χ4n) is 10.2. The first-order chi connectivity index (χ1) is 38.6. The molecule has 0 fully saturated rings. The molecule has 5 heterocycles. The third-order valence-corrected chi connectivity index (χ3v) is 14.7. The van der Waals surface area contributed by atoms with Gasteiger partial charge in [0.1, 0.15) is 11.5 Å². The number of fused-ring (bicyclic) bond motifs is 4. The normalized spacial score (nSPS) is 17.7. The standard InChI is InChI=1S/C62H59N7O11/c1-35(2)58(66-60(74)40-10-16-44(17-11-40)69-56(71)20-21-57(69)72)52(70)25-37(4)59(73)65-43-14-8-38(9-15-43)41-26-46-32-64-51-30-55(54(78-6)28-49(51)62(76)68(46)33-41)80-23-7-22-79-53-29-50-48(24-36(53)3)61(75)67-34-42(27-45(67)31-63-50)39-12-18-47(77-5)19-13-39/h8-21,24,28-35,37,45-46,58H,7,22-23,25-27H2,1-6H3,(H,65,73)(H,66,74)/t37-,45+,46+,58+/m1/s1. The average Bonchev–Trinajstić information content (AvgIpc) is 4.15. The Morgan fingerprint density at radius 1 is 0.662 bits per heavy atom. The third kappa shape index (κ3) is 11.1. The summed E-state index contributed by atoms with van der Waals surface area (Å²) in [6.45, 7) is 7.77. The topological polar surface area (TPSA) is 215 Å². The summed E-state index contributed by atoms with van der Waals surface area (Å²) in [6, 6.07) is 26.5. The van der Waals surface area contributed by atoms with E-state index < -0.39 is 29.7 Å². The lowest BCUT2D eigenvalue weighted by molar-refractivity contribution is -0.127. The number of aliphatic imine (C=N–C) groups is 2. The molecule has 5 aliphatic heterocycles. The number of amides is 6. The van der Waals surface area contributed by atoms with E-state index in [0.29, 0.717) is 77.0 Å². The fourth-order valence-corrected chi connectivity index (χ4v) is 10.2. The van der Waals surface area contributed by atoms with Crippen molar-refractivity contribution in [3.8, 4) is 23.0 Å². The smallest absolute Gasteiger partial charge is 0.260 e. The summed E-state index contributed by atoms with van der Waals surface area (Å²) in [6.07, 6.45) is 11.2. The number of imide groups is 1. The van der Waals surface area contributed by atoms with Crippen LogP contribution in [0, 0.1) is 18.8 Å². The van der Waals surface area contributed by atoms with Gasteiger partial charge in [-0.2, -0.15) is 0 Å². The van der Waals surface area contributed by atoms with E-state index in [2.05, 4.69) is 10.6 Å². The van der Waals surface area contributed by atoms with Crippen LogP contribution in [0.5, 0.6) is 23.0 Å². The maximum absolute atomic E-state index is 14.1. The number of Topliss-reactive ketones (excluding diaryl/α,β-unsaturated/α-hetero) is 1. The highest BCUT2D eigenvalue weighted by Gasteiger charge is 2.36. The van der Waals surface area contributed by atoms with Gasteiger partial charge in [-0.1, -0.05) is 45.0 Å². The number of ketones is 1. The number of hydrogen-bond donors (Lipinski definition) is 2. The van der Waals surface area contributed by atoms with Gasteiger partial charge < -0.3 is 39.4 Å². The van der Waals surface area contributed by atoms with Gasteiger partial charge >= 0.3 is 0 Å². The number of methoxy groups -OCH3 is 2. The third-order valence-electron chi connectivity index (χ3n) is 14.7. The second-order valence-corrected chi connectivity index (χ2v) is 20.5. The molecule has 10 rings (SSSR count). The SMILES string of the molecule is COc1ccc(C2=CN3C(=O)c4cc(C)c(OCCCOc5cc6c(cc5OC)C(=O)N5C=C(c7ccc(NC(=O)[C@H](C)CC(=O)[C@@H](NC(=O)c8ccc(N9C(=O)C=CC9=O)cc8)C(C)C)cc7)C[C@H]5C=N6)cc4N=C[C@@H]3C2)cc1. The second kappa shape index (κ2) is 22.9. The van der Waals surface area contributed by atoms with Gasteiger partial charge in [-0.05, 0) is 101 Å². The number of ether oxygens (including phenoxy) is 4. The second-order valence-electron chi connectivity index (χ2n) is 20.5. The lowest BCUT2D eigenvalue weighted by Crippen LogP contribution is -2.45. The molecule has 4 atom stereocenters. The predicted octanol–water partition coefficient (Wildman–Crippen LogP) is 9.22. The minimum Gasteiger partial charge on any atom is -0.497 e. The van der Waals surface area contributed by atoms with Crippen LogP contribution in [0.1, 0.15) is 94.2 Å². The molecule has 0 saturated carbocycles. The molecular weight excluding hydrogens is 1020 g/mol. The summed E-state index contributed by atoms with van der Waals surface area (Å²) in [5.41, 5.74) is 7.59. The average molecular weight is 1080 g/mol. The van der Waals surface area contributed by atoms with Crippen LogP contribution >= 0.6 is 0 Å². The Morgan fingerprint density at radius 2 is 1.21 bits per heavy atom. The lowest BCUT2D eigenvalue weighted by Gasteiger charge is -2.23. The van der Waals surface area contributed by atoms with Crippen molar-refractivity contribution in [1.29, 1.82) is 0 Å². The number of benzene rings is 5. The monoisotopic (exact) mass is 1080 g/mol. The van der Waals surface area contributed by atoms with Gasteiger partial charge in [-0.3, -0.25) is 43.5 Å². The summed E-state index contributed by atoms with van der Waals surface area (Å²) in [7, 11) is 3.14. The summed E-state index contributed by atoms with van der Waals surface area (Å²) < 4.78 is 23.4. The van der Waals surface area contributed by atoms with Crippen molar-refractivity contribution in [2.24, 2.45) is 21.8 Å². The highest BCUT2D eigenvalue weighted by atomic mass is 16.5. The minimum atomic E-state index is -0.872. The van der Waals surface area contributed by atoms with Crippen molar-refractivity contribution in [2.75, 3.05) is 37.7 Å². The van der Waals surface area contributed by atoms with E-state index in [1.807, 2.05) is 74.1 Å². The van der Waals surface area contributed by atoms with E-state index in [4.69, 9.17) is 28.9 Å². The van der Waals surface area contributed by atoms with Crippen LogP contribution in [0.3, 0.4) is 0 Å². The fraction of sp³-hybridized carbons (Fsp3) is 0.274. The Bertz CT molecular complexity index is 3470. The van der Waals surface area contributed by atoms with E-state index >= 15 is 0 Å². The van der Waals surface area contributed by atoms with E-state index in [1.54, 1.807) is 68.2 Å². The van der Waals surface area contributed by atoms with Crippen molar-refractivity contribution < 1.29 is 52.5 Å². The number of hydrogen-bond acceptors (Lipinski definition) is 13. The summed E-state index contributed by atoms with van der Waals surface area (Å²) >= 11 is 0. The van der Waals surface area contributed by atoms with E-state index in [9.17, 15) is 33.6 Å². The van der Waals surface area contributed by atoms with Crippen LogP contribution in [-0.2, 0) is 19.2 Å². The van der Waals surface area contributed by atoms with Gasteiger partial charge in [-0.25, -0.2) is 4.90 Å². The Labute approximate surface area is 462 Å². The van der Waals surface area contributed by atoms with Crippen molar-refractivity contribution in [3.63, 3.8) is 0 Å². The largest absolute Gasteiger partial charge is 0.497 e. The van der Waals surface area contributed by atoms with Crippen LogP contribution in [0.4, 0.5) is 22.7 Å². The Kier molecular flexibility index (Phi) is 15.4. The molecule has 0 bridgehead atoms. The van der Waals surface area contributed by atoms with Crippen LogP contribution in [0.2, 0.25) is 0 Å². The van der Waals surface area contributed by atoms with Crippen molar-refractivity contribution in [3.05, 3.63) is 155 Å². The summed E-state index contributed by atoms with van der Waals surface area (Å²) in [5.74, 6) is -1.29. The molecule has 0 saturated heterocycles. The van der Waals surface area contributed by atoms with Gasteiger partial charge in [0, 0.05) is 92.0 Å². The molecule has 5 aromatic carbocycles. The van der Waals surface area contributed by atoms with Gasteiger partial charge in [0.2, 0.25) is 5.91 Å². The van der Waals surface area contributed by atoms with Gasteiger partial charge in [0.05, 0.1) is 73.7 Å². The highest BCUT2D eigenvalue weighted by molar-refractivity contribution is 6.28. The van der Waals surface area contributed by atoms with Crippen molar-refractivity contribution in [1.82, 2.24) is 15.1 Å². The van der Waals surface area contributed by atoms with Crippen LogP contribution in [-0.4, -0.2) is 109 Å². The first kappa shape index (κ1) is 53.9. The number of anilines is 2. The number of nitrogens with one attached hydrogen (secondary N) is 2. The van der Waals surface area contributed by atoms with E-state index in [0.717, 1.165) is 38.5 Å². The van der Waals surface area contributed by atoms with Crippen LogP contribution in [0.15, 0.2) is 132 Å². The Morgan fingerprint density at radius 3 is 1.77 bits per heavy atom. The molecule has 0 unspecified atom stereocenters. The first-order valence-corrected chi connectivity index (χ1v) is 26.4. The van der Waals surface area contributed by atoms with Gasteiger partial charge in [-0.15, -0.1) is 0 Å². The quantitative estimate of drug-likeness (QED) is 0.0587. The van der Waals surface area contributed by atoms with E-state index in [-0.39, 0.29) is 60.1 Å². The van der Waals surface area contributed by atoms with Crippen LogP contribution < -0.4 is 34.5 Å². The summed E-state index contributed by atoms with van der Waals surface area (Å²) in [5, 5.41) is 5.68. The van der Waals surface area contributed by atoms with Crippen molar-refractivity contribution >= 4 is 87.6 Å². The molecule has 0 spiro atoms. The maximum atomic E-state index is 14.1. The Hall–Kier alpha value is -9.45. The Balaban J connectivity index is 0.701. The number of aryl methyl sites for hydroxylation is 1. The zero-order valence-electron chi connectivity index (χ0n) is 45.1. The molecule has 0 aromatic heterocycles. The molecular formula is C62H59N7O11. The number of rotatable bonds is 19. The molecule has 0 aliphatic carbocycles.